The highest BCUT2D eigenvalue weighted by Gasteiger charge is 2.34. The third-order valence-corrected chi connectivity index (χ3v) is 3.62. The molecule has 0 amide bonds. The summed E-state index contributed by atoms with van der Waals surface area (Å²) in [6.07, 6.45) is -4.58. The minimum Gasteiger partial charge on any atom is -0.454 e. The van der Waals surface area contributed by atoms with Gasteiger partial charge in [0.1, 0.15) is 5.75 Å². The van der Waals surface area contributed by atoms with E-state index in [1.807, 2.05) is 0 Å². The van der Waals surface area contributed by atoms with Gasteiger partial charge in [-0.05, 0) is 39.7 Å². The number of nitrogens with two attached hydrogens (primary N) is 1. The SMILES string of the molecule is NCc1ccc(Oc2ccccc2C(F)(F)F)c(F)c1Br. The van der Waals surface area contributed by atoms with Crippen LogP contribution in [0.2, 0.25) is 0 Å². The Morgan fingerprint density at radius 3 is 2.33 bits per heavy atom. The Balaban J connectivity index is 2.42. The molecule has 112 valence electrons. The van der Waals surface area contributed by atoms with E-state index in [9.17, 15) is 17.6 Å². The molecule has 0 spiro atoms. The summed E-state index contributed by atoms with van der Waals surface area (Å²) in [5, 5.41) is 0. The molecule has 2 aromatic carbocycles. The van der Waals surface area contributed by atoms with Gasteiger partial charge in [-0.15, -0.1) is 0 Å². The van der Waals surface area contributed by atoms with Crippen molar-refractivity contribution in [2.75, 3.05) is 0 Å². The first-order valence-electron chi connectivity index (χ1n) is 5.85. The Bertz CT molecular complexity index is 658. The maximum atomic E-state index is 14.1. The van der Waals surface area contributed by atoms with E-state index in [-0.39, 0.29) is 16.8 Å². The number of halogens is 5. The molecular weight excluding hydrogens is 354 g/mol. The number of benzene rings is 2. The molecule has 0 radical (unpaired) electrons. The van der Waals surface area contributed by atoms with Crippen molar-refractivity contribution in [1.82, 2.24) is 0 Å². The van der Waals surface area contributed by atoms with Crippen molar-refractivity contribution in [2.45, 2.75) is 12.7 Å². The van der Waals surface area contributed by atoms with Crippen molar-refractivity contribution < 1.29 is 22.3 Å². The van der Waals surface area contributed by atoms with E-state index in [1.165, 1.54) is 24.3 Å². The van der Waals surface area contributed by atoms with Gasteiger partial charge >= 0.3 is 6.18 Å². The molecule has 0 unspecified atom stereocenters. The monoisotopic (exact) mass is 363 g/mol. The first-order valence-corrected chi connectivity index (χ1v) is 6.65. The molecule has 7 heteroatoms. The second kappa shape index (κ2) is 6.03. The average molecular weight is 364 g/mol. The Kier molecular flexibility index (Phi) is 4.53. The van der Waals surface area contributed by atoms with Crippen LogP contribution in [-0.2, 0) is 12.7 Å². The molecule has 21 heavy (non-hydrogen) atoms. The Hall–Kier alpha value is -1.60. The van der Waals surface area contributed by atoms with E-state index in [0.717, 1.165) is 12.1 Å². The quantitative estimate of drug-likeness (QED) is 0.790. The van der Waals surface area contributed by atoms with E-state index < -0.39 is 23.3 Å². The molecule has 0 bridgehead atoms. The predicted molar refractivity (Wildman–Crippen MR) is 73.5 cm³/mol. The molecule has 2 aromatic rings. The van der Waals surface area contributed by atoms with Gasteiger partial charge in [0.15, 0.2) is 11.6 Å². The highest BCUT2D eigenvalue weighted by atomic mass is 79.9. The number of ether oxygens (including phenoxy) is 1. The molecule has 0 atom stereocenters. The Morgan fingerprint density at radius 2 is 1.71 bits per heavy atom. The van der Waals surface area contributed by atoms with Gasteiger partial charge in [0.25, 0.3) is 0 Å². The second-order valence-corrected chi connectivity index (χ2v) is 4.94. The van der Waals surface area contributed by atoms with Crippen LogP contribution in [0.1, 0.15) is 11.1 Å². The van der Waals surface area contributed by atoms with Crippen LogP contribution in [0, 0.1) is 5.82 Å². The summed E-state index contributed by atoms with van der Waals surface area (Å²) >= 11 is 3.01. The summed E-state index contributed by atoms with van der Waals surface area (Å²) in [6, 6.07) is 7.35. The van der Waals surface area contributed by atoms with Gasteiger partial charge in [0.05, 0.1) is 10.0 Å². The normalized spacial score (nSPS) is 11.5. The van der Waals surface area contributed by atoms with E-state index >= 15 is 0 Å². The fraction of sp³-hybridized carbons (Fsp3) is 0.143. The van der Waals surface area contributed by atoms with Crippen molar-refractivity contribution >= 4 is 15.9 Å². The summed E-state index contributed by atoms with van der Waals surface area (Å²) < 4.78 is 57.8. The molecule has 2 nitrogen and oxygen atoms in total. The fourth-order valence-corrected chi connectivity index (χ4v) is 2.21. The van der Waals surface area contributed by atoms with Gasteiger partial charge in [-0.1, -0.05) is 18.2 Å². The topological polar surface area (TPSA) is 35.2 Å². The van der Waals surface area contributed by atoms with Gasteiger partial charge < -0.3 is 10.5 Å². The molecule has 0 heterocycles. The number of para-hydroxylation sites is 1. The van der Waals surface area contributed by atoms with Crippen molar-refractivity contribution in [2.24, 2.45) is 5.73 Å². The zero-order chi connectivity index (χ0) is 15.6. The molecule has 0 aliphatic carbocycles. The van der Waals surface area contributed by atoms with Crippen LogP contribution >= 0.6 is 15.9 Å². The average Bonchev–Trinajstić information content (AvgIpc) is 2.44. The van der Waals surface area contributed by atoms with Crippen LogP contribution in [0.5, 0.6) is 11.5 Å². The Labute approximate surface area is 126 Å². The van der Waals surface area contributed by atoms with E-state index in [0.29, 0.717) is 5.56 Å². The molecule has 0 aliphatic rings. The van der Waals surface area contributed by atoms with Crippen LogP contribution < -0.4 is 10.5 Å². The highest BCUT2D eigenvalue weighted by Crippen LogP contribution is 2.39. The molecule has 0 saturated heterocycles. The number of rotatable bonds is 3. The maximum absolute atomic E-state index is 14.1. The minimum absolute atomic E-state index is 0.0759. The summed E-state index contributed by atoms with van der Waals surface area (Å²) in [4.78, 5) is 0. The van der Waals surface area contributed by atoms with Crippen molar-refractivity contribution in [3.8, 4) is 11.5 Å². The van der Waals surface area contributed by atoms with Crippen molar-refractivity contribution in [1.29, 1.82) is 0 Å². The van der Waals surface area contributed by atoms with E-state index in [4.69, 9.17) is 10.5 Å². The third-order valence-electron chi connectivity index (χ3n) is 2.76. The van der Waals surface area contributed by atoms with Crippen LogP contribution in [0.3, 0.4) is 0 Å². The fourth-order valence-electron chi connectivity index (χ4n) is 1.72. The van der Waals surface area contributed by atoms with Crippen LogP contribution in [0.25, 0.3) is 0 Å². The molecule has 0 saturated carbocycles. The predicted octanol–water partition coefficient (Wildman–Crippen LogP) is 4.86. The standard InChI is InChI=1S/C14H10BrF4NO/c15-12-8(7-20)5-6-11(13(12)16)21-10-4-2-1-3-9(10)14(17,18)19/h1-6H,7,20H2. The summed E-state index contributed by atoms with van der Waals surface area (Å²) in [6.45, 7) is 0.0942. The van der Waals surface area contributed by atoms with Crippen LogP contribution in [0.15, 0.2) is 40.9 Å². The lowest BCUT2D eigenvalue weighted by Gasteiger charge is -2.14. The van der Waals surface area contributed by atoms with Crippen molar-refractivity contribution in [3.63, 3.8) is 0 Å². The number of hydrogen-bond donors (Lipinski definition) is 1. The van der Waals surface area contributed by atoms with Gasteiger partial charge in [-0.2, -0.15) is 13.2 Å². The van der Waals surface area contributed by atoms with Gasteiger partial charge in [0, 0.05) is 6.54 Å². The van der Waals surface area contributed by atoms with Crippen LogP contribution in [-0.4, -0.2) is 0 Å². The minimum atomic E-state index is -4.58. The zero-order valence-corrected chi connectivity index (χ0v) is 12.1. The van der Waals surface area contributed by atoms with Gasteiger partial charge in [-0.3, -0.25) is 0 Å². The first-order chi connectivity index (χ1) is 9.84. The highest BCUT2D eigenvalue weighted by molar-refractivity contribution is 9.10. The number of alkyl halides is 3. The summed E-state index contributed by atoms with van der Waals surface area (Å²) in [5.74, 6) is -1.57. The Morgan fingerprint density at radius 1 is 1.05 bits per heavy atom. The van der Waals surface area contributed by atoms with Gasteiger partial charge in [-0.25, -0.2) is 4.39 Å². The van der Waals surface area contributed by atoms with Crippen LogP contribution in [0.4, 0.5) is 17.6 Å². The lowest BCUT2D eigenvalue weighted by molar-refractivity contribution is -0.138. The number of hydrogen-bond acceptors (Lipinski definition) is 2. The molecule has 0 fully saturated rings. The lowest BCUT2D eigenvalue weighted by atomic mass is 10.2. The zero-order valence-electron chi connectivity index (χ0n) is 10.5. The van der Waals surface area contributed by atoms with Crippen molar-refractivity contribution in [3.05, 3.63) is 57.8 Å². The molecule has 2 N–H and O–H groups in total. The first kappa shape index (κ1) is 15.8. The third kappa shape index (κ3) is 3.36. The summed E-state index contributed by atoms with van der Waals surface area (Å²) in [7, 11) is 0. The smallest absolute Gasteiger partial charge is 0.419 e. The summed E-state index contributed by atoms with van der Waals surface area (Å²) in [5.41, 5.74) is 4.94. The largest absolute Gasteiger partial charge is 0.454 e. The molecule has 0 aromatic heterocycles. The maximum Gasteiger partial charge on any atom is 0.419 e. The van der Waals surface area contributed by atoms with Gasteiger partial charge in [0.2, 0.25) is 0 Å². The molecule has 0 aliphatic heterocycles. The van der Waals surface area contributed by atoms with E-state index in [2.05, 4.69) is 15.9 Å². The molecular formula is C14H10BrF4NO. The second-order valence-electron chi connectivity index (χ2n) is 4.15. The lowest BCUT2D eigenvalue weighted by Crippen LogP contribution is -2.07. The van der Waals surface area contributed by atoms with E-state index in [1.54, 1.807) is 0 Å². The molecule has 2 rings (SSSR count).